The lowest BCUT2D eigenvalue weighted by molar-refractivity contribution is 1.31. The maximum absolute atomic E-state index is 5.58. The quantitative estimate of drug-likeness (QED) is 0.792. The van der Waals surface area contributed by atoms with Crippen LogP contribution in [0.2, 0.25) is 0 Å². The average molecular weight is 205 g/mol. The Balaban J connectivity index is 2.23. The van der Waals surface area contributed by atoms with E-state index in [2.05, 4.69) is 28.0 Å². The summed E-state index contributed by atoms with van der Waals surface area (Å²) in [5.74, 6) is 1.31. The minimum atomic E-state index is 0.530. The third-order valence-electron chi connectivity index (χ3n) is 1.89. The number of aromatic nitrogens is 1. The maximum atomic E-state index is 5.58. The molecule has 3 nitrogen and oxygen atoms in total. The van der Waals surface area contributed by atoms with Crippen LogP contribution >= 0.6 is 11.3 Å². The number of nitrogens with one attached hydrogen (secondary N) is 1. The molecule has 0 saturated heterocycles. The van der Waals surface area contributed by atoms with Gasteiger partial charge in [0.05, 0.1) is 5.69 Å². The molecule has 0 aromatic carbocycles. The lowest BCUT2D eigenvalue weighted by Gasteiger charge is -2.04. The van der Waals surface area contributed by atoms with Crippen molar-refractivity contribution in [2.45, 2.75) is 6.92 Å². The minimum Gasteiger partial charge on any atom is -0.384 e. The molecule has 0 bridgehead atoms. The SMILES string of the molecule is Cc1cscc1Nc1cccc(N)n1. The van der Waals surface area contributed by atoms with Gasteiger partial charge in [0, 0.05) is 5.38 Å². The van der Waals surface area contributed by atoms with Gasteiger partial charge in [0.15, 0.2) is 0 Å². The molecule has 72 valence electrons. The van der Waals surface area contributed by atoms with Gasteiger partial charge >= 0.3 is 0 Å². The molecule has 0 aliphatic heterocycles. The van der Waals surface area contributed by atoms with Gasteiger partial charge in [0.1, 0.15) is 11.6 Å². The standard InChI is InChI=1S/C10H11N3S/c1-7-5-14-6-8(7)12-10-4-2-3-9(11)13-10/h2-6H,1H3,(H3,11,12,13). The zero-order chi connectivity index (χ0) is 9.97. The van der Waals surface area contributed by atoms with E-state index in [-0.39, 0.29) is 0 Å². The van der Waals surface area contributed by atoms with Crippen molar-refractivity contribution in [2.75, 3.05) is 11.1 Å². The first-order valence-electron chi connectivity index (χ1n) is 4.28. The second-order valence-electron chi connectivity index (χ2n) is 3.04. The second-order valence-corrected chi connectivity index (χ2v) is 3.78. The third kappa shape index (κ3) is 1.85. The molecule has 2 aromatic heterocycles. The first-order chi connectivity index (χ1) is 6.75. The number of thiophene rings is 1. The first kappa shape index (κ1) is 9.02. The van der Waals surface area contributed by atoms with Crippen LogP contribution in [-0.2, 0) is 0 Å². The number of anilines is 3. The summed E-state index contributed by atoms with van der Waals surface area (Å²) in [6.07, 6.45) is 0. The molecule has 0 atom stereocenters. The van der Waals surface area contributed by atoms with E-state index < -0.39 is 0 Å². The lowest BCUT2D eigenvalue weighted by Crippen LogP contribution is -1.96. The van der Waals surface area contributed by atoms with Crippen molar-refractivity contribution in [3.63, 3.8) is 0 Å². The molecule has 3 N–H and O–H groups in total. The topological polar surface area (TPSA) is 50.9 Å². The Morgan fingerprint density at radius 2 is 2.21 bits per heavy atom. The lowest BCUT2D eigenvalue weighted by atomic mass is 10.3. The van der Waals surface area contributed by atoms with Crippen LogP contribution in [0, 0.1) is 6.92 Å². The summed E-state index contributed by atoms with van der Waals surface area (Å²) in [5.41, 5.74) is 7.89. The van der Waals surface area contributed by atoms with E-state index in [1.807, 2.05) is 12.1 Å². The summed E-state index contributed by atoms with van der Waals surface area (Å²) in [5, 5.41) is 7.36. The predicted molar refractivity (Wildman–Crippen MR) is 61.0 cm³/mol. The smallest absolute Gasteiger partial charge is 0.132 e. The van der Waals surface area contributed by atoms with Crippen molar-refractivity contribution in [1.82, 2.24) is 4.98 Å². The Hall–Kier alpha value is -1.55. The van der Waals surface area contributed by atoms with Crippen LogP contribution in [-0.4, -0.2) is 4.98 Å². The number of rotatable bonds is 2. The van der Waals surface area contributed by atoms with Gasteiger partial charge < -0.3 is 11.1 Å². The van der Waals surface area contributed by atoms with E-state index >= 15 is 0 Å². The largest absolute Gasteiger partial charge is 0.384 e. The second kappa shape index (κ2) is 3.67. The summed E-state index contributed by atoms with van der Waals surface area (Å²) in [7, 11) is 0. The first-order valence-corrected chi connectivity index (χ1v) is 5.22. The van der Waals surface area contributed by atoms with Gasteiger partial charge in [-0.15, -0.1) is 11.3 Å². The van der Waals surface area contributed by atoms with E-state index in [4.69, 9.17) is 5.73 Å². The Bertz CT molecular complexity index is 436. The van der Waals surface area contributed by atoms with Gasteiger partial charge in [0.25, 0.3) is 0 Å². The normalized spacial score (nSPS) is 10.1. The average Bonchev–Trinajstić information content (AvgIpc) is 2.52. The fourth-order valence-corrected chi connectivity index (χ4v) is 1.93. The zero-order valence-corrected chi connectivity index (χ0v) is 8.64. The van der Waals surface area contributed by atoms with Gasteiger partial charge in [-0.05, 0) is 30.0 Å². The molecule has 4 heteroatoms. The molecule has 2 aromatic rings. The molecule has 0 aliphatic carbocycles. The van der Waals surface area contributed by atoms with Gasteiger partial charge in [-0.25, -0.2) is 4.98 Å². The van der Waals surface area contributed by atoms with Crippen molar-refractivity contribution in [3.05, 3.63) is 34.5 Å². The Labute approximate surface area is 86.6 Å². The molecule has 0 unspecified atom stereocenters. The fourth-order valence-electron chi connectivity index (χ4n) is 1.15. The molecule has 0 amide bonds. The number of aryl methyl sites for hydroxylation is 1. The molecule has 0 radical (unpaired) electrons. The molecule has 2 heterocycles. The van der Waals surface area contributed by atoms with Crippen molar-refractivity contribution in [3.8, 4) is 0 Å². The minimum absolute atomic E-state index is 0.530. The van der Waals surface area contributed by atoms with Crippen molar-refractivity contribution in [2.24, 2.45) is 0 Å². The van der Waals surface area contributed by atoms with Crippen LogP contribution in [0.5, 0.6) is 0 Å². The summed E-state index contributed by atoms with van der Waals surface area (Å²) in [4.78, 5) is 4.16. The number of pyridine rings is 1. The predicted octanol–water partition coefficient (Wildman–Crippen LogP) is 2.78. The van der Waals surface area contributed by atoms with E-state index in [1.165, 1.54) is 5.56 Å². The highest BCUT2D eigenvalue weighted by molar-refractivity contribution is 7.08. The zero-order valence-electron chi connectivity index (χ0n) is 7.82. The van der Waals surface area contributed by atoms with Crippen LogP contribution in [0.3, 0.4) is 0 Å². The highest BCUT2D eigenvalue weighted by Gasteiger charge is 2.00. The molecular weight excluding hydrogens is 194 g/mol. The van der Waals surface area contributed by atoms with Gasteiger partial charge in [-0.2, -0.15) is 0 Å². The van der Waals surface area contributed by atoms with Crippen molar-refractivity contribution in [1.29, 1.82) is 0 Å². The Kier molecular flexibility index (Phi) is 2.37. The maximum Gasteiger partial charge on any atom is 0.132 e. The van der Waals surface area contributed by atoms with Crippen LogP contribution in [0.25, 0.3) is 0 Å². The van der Waals surface area contributed by atoms with E-state index in [9.17, 15) is 0 Å². The Morgan fingerprint density at radius 3 is 2.86 bits per heavy atom. The molecule has 2 rings (SSSR count). The number of nitrogen functional groups attached to an aromatic ring is 1. The molecular formula is C10H11N3S. The number of hydrogen-bond donors (Lipinski definition) is 2. The van der Waals surface area contributed by atoms with Crippen LogP contribution < -0.4 is 11.1 Å². The van der Waals surface area contributed by atoms with Gasteiger partial charge in [-0.1, -0.05) is 6.07 Å². The Morgan fingerprint density at radius 1 is 1.36 bits per heavy atom. The van der Waals surface area contributed by atoms with Crippen molar-refractivity contribution < 1.29 is 0 Å². The van der Waals surface area contributed by atoms with E-state index in [0.29, 0.717) is 5.82 Å². The highest BCUT2D eigenvalue weighted by atomic mass is 32.1. The number of nitrogens with zero attached hydrogens (tertiary/aromatic N) is 1. The molecule has 14 heavy (non-hydrogen) atoms. The van der Waals surface area contributed by atoms with Gasteiger partial charge in [-0.3, -0.25) is 0 Å². The highest BCUT2D eigenvalue weighted by Crippen LogP contribution is 2.23. The molecule has 0 saturated carbocycles. The van der Waals surface area contributed by atoms with E-state index in [0.717, 1.165) is 11.5 Å². The summed E-state index contributed by atoms with van der Waals surface area (Å²) >= 11 is 1.67. The molecule has 0 aliphatic rings. The monoisotopic (exact) mass is 205 g/mol. The van der Waals surface area contributed by atoms with Gasteiger partial charge in [0.2, 0.25) is 0 Å². The van der Waals surface area contributed by atoms with Crippen molar-refractivity contribution >= 4 is 28.7 Å². The van der Waals surface area contributed by atoms with Crippen LogP contribution in [0.4, 0.5) is 17.3 Å². The third-order valence-corrected chi connectivity index (χ3v) is 2.75. The number of nitrogens with two attached hydrogens (primary N) is 1. The van der Waals surface area contributed by atoms with E-state index in [1.54, 1.807) is 17.4 Å². The molecule has 0 spiro atoms. The summed E-state index contributed by atoms with van der Waals surface area (Å²) in [6, 6.07) is 5.55. The van der Waals surface area contributed by atoms with Crippen LogP contribution in [0.15, 0.2) is 29.0 Å². The van der Waals surface area contributed by atoms with Crippen LogP contribution in [0.1, 0.15) is 5.56 Å². The fraction of sp³-hybridized carbons (Fsp3) is 0.100. The summed E-state index contributed by atoms with van der Waals surface area (Å²) < 4.78 is 0. The number of hydrogen-bond acceptors (Lipinski definition) is 4. The summed E-state index contributed by atoms with van der Waals surface area (Å²) in [6.45, 7) is 2.06. The molecule has 0 fully saturated rings.